The van der Waals surface area contributed by atoms with Crippen LogP contribution in [-0.4, -0.2) is 87.5 Å². The van der Waals surface area contributed by atoms with E-state index in [4.69, 9.17) is 9.47 Å². The smallest absolute Gasteiger partial charge is 0.220 e. The van der Waals surface area contributed by atoms with Gasteiger partial charge in [-0.3, -0.25) is 4.79 Å². The Kier molecular flexibility index (Phi) is 34.5. The Morgan fingerprint density at radius 3 is 1.62 bits per heavy atom. The van der Waals surface area contributed by atoms with Crippen molar-refractivity contribution in [2.24, 2.45) is 0 Å². The van der Waals surface area contributed by atoms with Crippen LogP contribution in [0, 0.1) is 0 Å². The van der Waals surface area contributed by atoms with Gasteiger partial charge in [-0.2, -0.15) is 0 Å². The first kappa shape index (κ1) is 51.9. The van der Waals surface area contributed by atoms with E-state index in [2.05, 4.69) is 79.9 Å². The summed E-state index contributed by atoms with van der Waals surface area (Å²) in [5.74, 6) is -0.158. The molecule has 0 spiro atoms. The van der Waals surface area contributed by atoms with Gasteiger partial charge in [0.25, 0.3) is 0 Å². The van der Waals surface area contributed by atoms with Crippen molar-refractivity contribution in [2.75, 3.05) is 13.2 Å². The number of carbonyl (C=O) groups excluding carboxylic acids is 1. The average Bonchev–Trinajstić information content (AvgIpc) is 3.20. The van der Waals surface area contributed by atoms with Crippen molar-refractivity contribution in [2.45, 2.75) is 217 Å². The molecule has 1 fully saturated rings. The first-order valence-corrected chi connectivity index (χ1v) is 22.5. The van der Waals surface area contributed by atoms with Gasteiger partial charge < -0.3 is 40.3 Å². The van der Waals surface area contributed by atoms with Gasteiger partial charge in [-0.15, -0.1) is 0 Å². The van der Waals surface area contributed by atoms with Crippen molar-refractivity contribution in [3.8, 4) is 0 Å². The minimum Gasteiger partial charge on any atom is -0.394 e. The van der Waals surface area contributed by atoms with E-state index in [0.717, 1.165) is 77.0 Å². The molecule has 7 atom stereocenters. The fourth-order valence-corrected chi connectivity index (χ4v) is 6.77. The molecule has 0 aromatic heterocycles. The predicted molar refractivity (Wildman–Crippen MR) is 230 cm³/mol. The van der Waals surface area contributed by atoms with Gasteiger partial charge in [0.15, 0.2) is 6.29 Å². The molecule has 0 aliphatic carbocycles. The van der Waals surface area contributed by atoms with Gasteiger partial charge in [0.2, 0.25) is 5.91 Å². The van der Waals surface area contributed by atoms with E-state index in [0.29, 0.717) is 12.8 Å². The number of aliphatic hydroxyl groups excluding tert-OH is 5. The van der Waals surface area contributed by atoms with Crippen LogP contribution in [0.2, 0.25) is 0 Å². The summed E-state index contributed by atoms with van der Waals surface area (Å²) >= 11 is 0. The van der Waals surface area contributed by atoms with Crippen LogP contribution in [0.4, 0.5) is 0 Å². The monoisotopic (exact) mass is 790 g/mol. The van der Waals surface area contributed by atoms with Crippen molar-refractivity contribution in [1.82, 2.24) is 5.32 Å². The summed E-state index contributed by atoms with van der Waals surface area (Å²) < 4.78 is 11.1. The lowest BCUT2D eigenvalue weighted by atomic mass is 9.99. The molecular weight excluding hydrogens is 707 g/mol. The Bertz CT molecular complexity index is 1060. The Labute approximate surface area is 341 Å². The highest BCUT2D eigenvalue weighted by Crippen LogP contribution is 2.23. The molecule has 1 heterocycles. The third kappa shape index (κ3) is 27.5. The molecule has 0 radical (unpaired) electrons. The summed E-state index contributed by atoms with van der Waals surface area (Å²) in [5, 5.41) is 53.7. The molecular formula is C47H83NO8. The standard InChI is InChI=1S/C47H83NO8/c1-3-5-7-9-10-11-12-13-14-15-16-17-18-19-20-21-22-23-24-25-26-27-28-29-30-31-32-33-35-37-43(51)48-40(41(50)36-34-8-6-4-2)39-55-47-46(54)45(53)44(52)42(38-49)56-47/h5,7,10-11,13-14,16-17,19-20,40-42,44-47,49-50,52-54H,3-4,6,8-9,12,15,18,21-39H2,1-2H3,(H,48,51)/b7-5-,11-10-,14-13-,17-16-,20-19-. The zero-order valence-electron chi connectivity index (χ0n) is 35.4. The molecule has 1 aliphatic heterocycles. The second-order valence-corrected chi connectivity index (χ2v) is 15.5. The molecule has 1 amide bonds. The Hall–Kier alpha value is -2.11. The Morgan fingerprint density at radius 2 is 1.11 bits per heavy atom. The van der Waals surface area contributed by atoms with Crippen molar-refractivity contribution >= 4 is 5.91 Å². The van der Waals surface area contributed by atoms with Gasteiger partial charge in [0.1, 0.15) is 24.4 Å². The van der Waals surface area contributed by atoms with Crippen LogP contribution in [0.15, 0.2) is 60.8 Å². The van der Waals surface area contributed by atoms with Crippen LogP contribution in [-0.2, 0) is 14.3 Å². The molecule has 9 heteroatoms. The maximum Gasteiger partial charge on any atom is 0.220 e. The molecule has 0 saturated carbocycles. The highest BCUT2D eigenvalue weighted by Gasteiger charge is 2.44. The highest BCUT2D eigenvalue weighted by atomic mass is 16.7. The van der Waals surface area contributed by atoms with Crippen molar-refractivity contribution < 1.29 is 39.8 Å². The van der Waals surface area contributed by atoms with E-state index in [1.165, 1.54) is 70.6 Å². The highest BCUT2D eigenvalue weighted by molar-refractivity contribution is 5.76. The largest absolute Gasteiger partial charge is 0.394 e. The maximum absolute atomic E-state index is 12.8. The number of unbranched alkanes of at least 4 members (excludes halogenated alkanes) is 16. The molecule has 0 aromatic rings. The number of rotatable bonds is 36. The quantitative estimate of drug-likeness (QED) is 0.0272. The molecule has 1 rings (SSSR count). The SMILES string of the molecule is CC/C=C\C/C=C\C/C=C\C/C=C\C/C=C\CCCCCCCCCCCCCCCC(=O)NC(COC1OC(CO)C(O)C(O)C1O)C(O)CCCCCC. The van der Waals surface area contributed by atoms with Gasteiger partial charge in [0.05, 0.1) is 25.4 Å². The van der Waals surface area contributed by atoms with E-state index in [1.54, 1.807) is 0 Å². The second kappa shape index (κ2) is 37.2. The molecule has 56 heavy (non-hydrogen) atoms. The zero-order chi connectivity index (χ0) is 40.9. The molecule has 0 bridgehead atoms. The second-order valence-electron chi connectivity index (χ2n) is 15.5. The summed E-state index contributed by atoms with van der Waals surface area (Å²) in [7, 11) is 0. The van der Waals surface area contributed by atoms with E-state index >= 15 is 0 Å². The molecule has 9 nitrogen and oxygen atoms in total. The fourth-order valence-electron chi connectivity index (χ4n) is 6.77. The molecule has 7 unspecified atom stereocenters. The van der Waals surface area contributed by atoms with Crippen molar-refractivity contribution in [3.05, 3.63) is 60.8 Å². The van der Waals surface area contributed by atoms with Crippen molar-refractivity contribution in [1.29, 1.82) is 0 Å². The lowest BCUT2D eigenvalue weighted by molar-refractivity contribution is -0.302. The number of allylic oxidation sites excluding steroid dienone is 10. The van der Waals surface area contributed by atoms with Crippen LogP contribution >= 0.6 is 0 Å². The number of nitrogens with one attached hydrogen (secondary N) is 1. The molecule has 1 aliphatic rings. The number of ether oxygens (including phenoxy) is 2. The normalized spacial score (nSPS) is 21.7. The molecule has 6 N–H and O–H groups in total. The van der Waals surface area contributed by atoms with Gasteiger partial charge in [-0.05, 0) is 57.8 Å². The number of hydrogen-bond acceptors (Lipinski definition) is 8. The van der Waals surface area contributed by atoms with Crippen LogP contribution in [0.1, 0.15) is 174 Å². The van der Waals surface area contributed by atoms with Gasteiger partial charge >= 0.3 is 0 Å². The summed E-state index contributed by atoms with van der Waals surface area (Å²) in [6.45, 7) is 3.58. The fraction of sp³-hybridized carbons (Fsp3) is 0.766. The van der Waals surface area contributed by atoms with E-state index in [-0.39, 0.29) is 12.5 Å². The number of hydrogen-bond donors (Lipinski definition) is 6. The van der Waals surface area contributed by atoms with Gasteiger partial charge in [-0.1, -0.05) is 171 Å². The minimum absolute atomic E-state index is 0.144. The van der Waals surface area contributed by atoms with Crippen LogP contribution in [0.3, 0.4) is 0 Å². The average molecular weight is 790 g/mol. The Morgan fingerprint density at radius 1 is 0.625 bits per heavy atom. The van der Waals surface area contributed by atoms with Crippen LogP contribution < -0.4 is 5.32 Å². The van der Waals surface area contributed by atoms with Gasteiger partial charge in [-0.25, -0.2) is 0 Å². The number of aliphatic hydroxyl groups is 5. The first-order chi connectivity index (χ1) is 27.3. The van der Waals surface area contributed by atoms with Crippen LogP contribution in [0.5, 0.6) is 0 Å². The Balaban J connectivity index is 2.08. The third-order valence-corrected chi connectivity index (χ3v) is 10.4. The lowest BCUT2D eigenvalue weighted by Gasteiger charge is -2.40. The zero-order valence-corrected chi connectivity index (χ0v) is 35.4. The summed E-state index contributed by atoms with van der Waals surface area (Å²) in [6, 6.07) is -0.717. The molecule has 324 valence electrons. The summed E-state index contributed by atoms with van der Waals surface area (Å²) in [6.07, 6.45) is 41.7. The van der Waals surface area contributed by atoms with Crippen molar-refractivity contribution in [3.63, 3.8) is 0 Å². The summed E-state index contributed by atoms with van der Waals surface area (Å²) in [5.41, 5.74) is 0. The van der Waals surface area contributed by atoms with Crippen LogP contribution in [0.25, 0.3) is 0 Å². The van der Waals surface area contributed by atoms with E-state index in [9.17, 15) is 30.3 Å². The molecule has 0 aromatic carbocycles. The lowest BCUT2D eigenvalue weighted by Crippen LogP contribution is -2.60. The third-order valence-electron chi connectivity index (χ3n) is 10.4. The topological polar surface area (TPSA) is 149 Å². The summed E-state index contributed by atoms with van der Waals surface area (Å²) in [4.78, 5) is 12.8. The van der Waals surface area contributed by atoms with Gasteiger partial charge in [0, 0.05) is 6.42 Å². The molecule has 1 saturated heterocycles. The maximum atomic E-state index is 12.8. The first-order valence-electron chi connectivity index (χ1n) is 22.5. The van der Waals surface area contributed by atoms with E-state index < -0.39 is 49.5 Å². The van der Waals surface area contributed by atoms with E-state index in [1.807, 2.05) is 0 Å². The number of amides is 1. The predicted octanol–water partition coefficient (Wildman–Crippen LogP) is 9.22. The minimum atomic E-state index is -1.55. The number of carbonyl (C=O) groups is 1.